The summed E-state index contributed by atoms with van der Waals surface area (Å²) in [5, 5.41) is 0. The van der Waals surface area contributed by atoms with Crippen LogP contribution in [0.5, 0.6) is 0 Å². The number of aryl methyl sites for hydroxylation is 1. The molecule has 2 aromatic rings. The van der Waals surface area contributed by atoms with E-state index < -0.39 is 0 Å². The number of benzene rings is 1. The first kappa shape index (κ1) is 18.2. The first-order chi connectivity index (χ1) is 12.6. The van der Waals surface area contributed by atoms with Crippen LogP contribution in [0.3, 0.4) is 0 Å². The number of carbonyl (C=O) groups excluding carboxylic acids is 1. The summed E-state index contributed by atoms with van der Waals surface area (Å²) in [7, 11) is 3.96. The van der Waals surface area contributed by atoms with E-state index in [0.717, 1.165) is 48.3 Å². The van der Waals surface area contributed by atoms with Gasteiger partial charge in [-0.25, -0.2) is 9.78 Å². The third kappa shape index (κ3) is 4.15. The summed E-state index contributed by atoms with van der Waals surface area (Å²) in [5.74, 6) is 0.931. The molecular weight excluding hydrogens is 326 g/mol. The number of hydrogen-bond acceptors (Lipinski definition) is 4. The number of piperidine rings is 1. The standard InChI is InChI=1S/C21H27N3O2/c1-16-13-20(23(2)3)22-14-18(16)19-11-7-8-12-24(19)21(25)26-15-17-9-5-4-6-10-17/h4-6,9-10,13-14,19H,7-8,11-12,15H2,1-3H3. The summed E-state index contributed by atoms with van der Waals surface area (Å²) in [6.07, 6.45) is 4.75. The average molecular weight is 353 g/mol. The Morgan fingerprint density at radius 1 is 1.27 bits per heavy atom. The fourth-order valence-corrected chi connectivity index (χ4v) is 3.42. The van der Waals surface area contributed by atoms with Crippen LogP contribution in [0, 0.1) is 6.92 Å². The Balaban J connectivity index is 1.74. The lowest BCUT2D eigenvalue weighted by Crippen LogP contribution is -2.39. The van der Waals surface area contributed by atoms with Crippen LogP contribution in [0.15, 0.2) is 42.6 Å². The molecule has 5 heteroatoms. The van der Waals surface area contributed by atoms with Gasteiger partial charge in [-0.2, -0.15) is 0 Å². The second-order valence-electron chi connectivity index (χ2n) is 7.04. The largest absolute Gasteiger partial charge is 0.445 e. The SMILES string of the molecule is Cc1cc(N(C)C)ncc1C1CCCCN1C(=O)OCc1ccccc1. The van der Waals surface area contributed by atoms with Gasteiger partial charge in [-0.15, -0.1) is 0 Å². The van der Waals surface area contributed by atoms with Crippen molar-refractivity contribution in [3.05, 3.63) is 59.3 Å². The molecule has 5 nitrogen and oxygen atoms in total. The van der Waals surface area contributed by atoms with E-state index in [1.807, 2.05) is 60.4 Å². The molecule has 1 aromatic heterocycles. The smallest absolute Gasteiger partial charge is 0.410 e. The second kappa shape index (κ2) is 8.21. The van der Waals surface area contributed by atoms with Crippen molar-refractivity contribution in [3.8, 4) is 0 Å². The van der Waals surface area contributed by atoms with Gasteiger partial charge in [-0.3, -0.25) is 0 Å². The molecule has 0 radical (unpaired) electrons. The van der Waals surface area contributed by atoms with Gasteiger partial charge in [0.2, 0.25) is 0 Å². The Labute approximate surface area is 155 Å². The van der Waals surface area contributed by atoms with Crippen LogP contribution in [0.25, 0.3) is 0 Å². The molecule has 0 bridgehead atoms. The van der Waals surface area contributed by atoms with Crippen molar-refractivity contribution in [1.82, 2.24) is 9.88 Å². The molecule has 1 aliphatic heterocycles. The first-order valence-corrected chi connectivity index (χ1v) is 9.17. The lowest BCUT2D eigenvalue weighted by atomic mass is 9.94. The summed E-state index contributed by atoms with van der Waals surface area (Å²) >= 11 is 0. The van der Waals surface area contributed by atoms with Crippen LogP contribution >= 0.6 is 0 Å². The fourth-order valence-electron chi connectivity index (χ4n) is 3.42. The van der Waals surface area contributed by atoms with Crippen molar-refractivity contribution in [3.63, 3.8) is 0 Å². The normalized spacial score (nSPS) is 17.0. The summed E-state index contributed by atoms with van der Waals surface area (Å²) < 4.78 is 5.58. The Morgan fingerprint density at radius 3 is 2.73 bits per heavy atom. The molecule has 3 rings (SSSR count). The van der Waals surface area contributed by atoms with Crippen LogP contribution in [-0.2, 0) is 11.3 Å². The Morgan fingerprint density at radius 2 is 2.04 bits per heavy atom. The maximum absolute atomic E-state index is 12.7. The zero-order valence-corrected chi connectivity index (χ0v) is 15.8. The zero-order valence-electron chi connectivity index (χ0n) is 15.8. The predicted octanol–water partition coefficient (Wildman–Crippen LogP) is 4.32. The van der Waals surface area contributed by atoms with Crippen LogP contribution in [0.2, 0.25) is 0 Å². The molecule has 26 heavy (non-hydrogen) atoms. The number of hydrogen-bond donors (Lipinski definition) is 0. The summed E-state index contributed by atoms with van der Waals surface area (Å²) in [6.45, 7) is 3.12. The van der Waals surface area contributed by atoms with Gasteiger partial charge in [-0.1, -0.05) is 30.3 Å². The Hall–Kier alpha value is -2.56. The molecule has 2 heterocycles. The molecule has 1 saturated heterocycles. The Bertz CT molecular complexity index is 746. The third-order valence-corrected chi connectivity index (χ3v) is 4.90. The molecular formula is C21H27N3O2. The van der Waals surface area contributed by atoms with Crippen molar-refractivity contribution in [2.45, 2.75) is 38.8 Å². The molecule has 138 valence electrons. The van der Waals surface area contributed by atoms with Crippen LogP contribution in [0.1, 0.15) is 42.0 Å². The van der Waals surface area contributed by atoms with Gasteiger partial charge in [0.05, 0.1) is 6.04 Å². The molecule has 0 spiro atoms. The van der Waals surface area contributed by atoms with Crippen molar-refractivity contribution in [2.75, 3.05) is 25.5 Å². The van der Waals surface area contributed by atoms with Gasteiger partial charge in [0.1, 0.15) is 12.4 Å². The van der Waals surface area contributed by atoms with Crippen molar-refractivity contribution >= 4 is 11.9 Å². The lowest BCUT2D eigenvalue weighted by molar-refractivity contribution is 0.0677. The van der Waals surface area contributed by atoms with Gasteiger partial charge in [0.25, 0.3) is 0 Å². The number of likely N-dealkylation sites (tertiary alicyclic amines) is 1. The number of rotatable bonds is 4. The predicted molar refractivity (Wildman–Crippen MR) is 103 cm³/mol. The molecule has 0 aliphatic carbocycles. The minimum absolute atomic E-state index is 0.0377. The van der Waals surface area contributed by atoms with E-state index >= 15 is 0 Å². The highest BCUT2D eigenvalue weighted by Crippen LogP contribution is 2.33. The number of nitrogens with zero attached hydrogens (tertiary/aromatic N) is 3. The van der Waals surface area contributed by atoms with E-state index in [1.54, 1.807) is 0 Å². The van der Waals surface area contributed by atoms with E-state index in [4.69, 9.17) is 4.74 Å². The van der Waals surface area contributed by atoms with Gasteiger partial charge in [0.15, 0.2) is 0 Å². The van der Waals surface area contributed by atoms with Crippen molar-refractivity contribution < 1.29 is 9.53 Å². The van der Waals surface area contributed by atoms with E-state index in [1.165, 1.54) is 0 Å². The highest BCUT2D eigenvalue weighted by Gasteiger charge is 2.30. The fraction of sp³-hybridized carbons (Fsp3) is 0.429. The maximum Gasteiger partial charge on any atom is 0.410 e. The van der Waals surface area contributed by atoms with E-state index in [0.29, 0.717) is 6.61 Å². The Kier molecular flexibility index (Phi) is 5.76. The summed E-state index contributed by atoms with van der Waals surface area (Å²) in [5.41, 5.74) is 3.28. The van der Waals surface area contributed by atoms with E-state index in [2.05, 4.69) is 18.0 Å². The monoisotopic (exact) mass is 353 g/mol. The molecule has 0 N–H and O–H groups in total. The van der Waals surface area contributed by atoms with Crippen molar-refractivity contribution in [1.29, 1.82) is 0 Å². The van der Waals surface area contributed by atoms with Crippen molar-refractivity contribution in [2.24, 2.45) is 0 Å². The van der Waals surface area contributed by atoms with E-state index in [-0.39, 0.29) is 12.1 Å². The summed E-state index contributed by atoms with van der Waals surface area (Å²) in [4.78, 5) is 21.1. The number of aromatic nitrogens is 1. The molecule has 1 aromatic carbocycles. The third-order valence-electron chi connectivity index (χ3n) is 4.90. The first-order valence-electron chi connectivity index (χ1n) is 9.17. The maximum atomic E-state index is 12.7. The van der Waals surface area contributed by atoms with Crippen LogP contribution in [-0.4, -0.2) is 36.6 Å². The molecule has 1 unspecified atom stereocenters. The van der Waals surface area contributed by atoms with Gasteiger partial charge < -0.3 is 14.5 Å². The average Bonchev–Trinajstić information content (AvgIpc) is 2.67. The molecule has 1 fully saturated rings. The number of pyridine rings is 1. The van der Waals surface area contributed by atoms with Gasteiger partial charge >= 0.3 is 6.09 Å². The van der Waals surface area contributed by atoms with Crippen LogP contribution in [0.4, 0.5) is 10.6 Å². The second-order valence-corrected chi connectivity index (χ2v) is 7.04. The van der Waals surface area contributed by atoms with Crippen LogP contribution < -0.4 is 4.90 Å². The topological polar surface area (TPSA) is 45.7 Å². The highest BCUT2D eigenvalue weighted by atomic mass is 16.6. The number of amides is 1. The number of ether oxygens (including phenoxy) is 1. The minimum atomic E-state index is -0.241. The molecule has 0 saturated carbocycles. The lowest BCUT2D eigenvalue weighted by Gasteiger charge is -2.36. The number of anilines is 1. The highest BCUT2D eigenvalue weighted by molar-refractivity contribution is 5.68. The summed E-state index contributed by atoms with van der Waals surface area (Å²) in [6, 6.07) is 11.9. The van der Waals surface area contributed by atoms with Gasteiger partial charge in [0, 0.05) is 26.8 Å². The zero-order chi connectivity index (χ0) is 18.5. The molecule has 1 atom stereocenters. The molecule has 1 amide bonds. The van der Waals surface area contributed by atoms with Gasteiger partial charge in [-0.05, 0) is 48.9 Å². The quantitative estimate of drug-likeness (QED) is 0.821. The van der Waals surface area contributed by atoms with E-state index in [9.17, 15) is 4.79 Å². The number of carbonyl (C=O) groups is 1. The molecule has 1 aliphatic rings. The minimum Gasteiger partial charge on any atom is -0.445 e.